The van der Waals surface area contributed by atoms with Gasteiger partial charge in [-0.15, -0.1) is 0 Å². The normalized spacial score (nSPS) is 36.2. The fourth-order valence-electron chi connectivity index (χ4n) is 13.1. The van der Waals surface area contributed by atoms with E-state index in [2.05, 4.69) is 83.1 Å². The van der Waals surface area contributed by atoms with Gasteiger partial charge in [0.15, 0.2) is 5.78 Å². The Morgan fingerprint density at radius 3 is 2.52 bits per heavy atom. The molecule has 56 heavy (non-hydrogen) atoms. The number of ether oxygens (including phenoxy) is 2. The van der Waals surface area contributed by atoms with Crippen LogP contribution in [0.25, 0.3) is 16.5 Å². The molecule has 1 aromatic heterocycles. The Morgan fingerprint density at radius 2 is 1.82 bits per heavy atom. The Labute approximate surface area is 331 Å². The van der Waals surface area contributed by atoms with E-state index in [0.29, 0.717) is 36.6 Å². The molecule has 302 valence electrons. The quantitative estimate of drug-likeness (QED) is 0.0918. The maximum atomic E-state index is 14.9. The van der Waals surface area contributed by atoms with E-state index in [9.17, 15) is 19.8 Å². The standard InChI is InChI=1S/C47H62N2O7/c1-25(2)37-40(53)35-34-28(31-24-43(4,5)56-44(6,7)36(31)39(34)52)23-29-30-22-27-13-14-32-45(8,16-11-12-26(3)42(54)48-18-20-55-21-19-50)33(51)15-17-46(32,9)47(27,10)41(30)49(37)38(29)35/h11-12,16,23-24,27,32-33,36-37,39,50-52H,1,13-15,17-22H2,2-10H3,(H,48,54)/b16-11+,26-12+. The number of Topliss-reactive ketones (excluding diaryl/α,β-unsaturated/α-hetero) is 1. The number of nitrogens with one attached hydrogen (secondary N) is 1. The van der Waals surface area contributed by atoms with E-state index in [1.807, 2.05) is 19.1 Å². The zero-order valence-electron chi connectivity index (χ0n) is 34.8. The first kappa shape index (κ1) is 39.5. The molecular weight excluding hydrogens is 705 g/mol. The maximum absolute atomic E-state index is 14.9. The molecule has 6 aliphatic rings. The highest BCUT2D eigenvalue weighted by Crippen LogP contribution is 2.71. The van der Waals surface area contributed by atoms with E-state index in [4.69, 9.17) is 14.6 Å². The number of amides is 1. The predicted molar refractivity (Wildman–Crippen MR) is 218 cm³/mol. The molecule has 3 heterocycles. The van der Waals surface area contributed by atoms with Crippen LogP contribution in [0.5, 0.6) is 0 Å². The second-order valence-electron chi connectivity index (χ2n) is 19.6. The number of allylic oxidation sites excluding steroid dienone is 3. The van der Waals surface area contributed by atoms with Crippen molar-refractivity contribution in [2.45, 2.75) is 129 Å². The monoisotopic (exact) mass is 766 g/mol. The lowest BCUT2D eigenvalue weighted by Gasteiger charge is -2.64. The van der Waals surface area contributed by atoms with E-state index in [1.54, 1.807) is 6.92 Å². The van der Waals surface area contributed by atoms with Gasteiger partial charge in [-0.2, -0.15) is 0 Å². The van der Waals surface area contributed by atoms with Crippen molar-refractivity contribution in [3.05, 3.63) is 76.0 Å². The van der Waals surface area contributed by atoms with Gasteiger partial charge in [-0.3, -0.25) is 9.59 Å². The molecule has 0 bridgehead atoms. The van der Waals surface area contributed by atoms with Crippen LogP contribution >= 0.6 is 0 Å². The van der Waals surface area contributed by atoms with Gasteiger partial charge < -0.3 is 34.7 Å². The van der Waals surface area contributed by atoms with Crippen LogP contribution in [-0.4, -0.2) is 75.2 Å². The van der Waals surface area contributed by atoms with Crippen molar-refractivity contribution in [1.82, 2.24) is 9.88 Å². The van der Waals surface area contributed by atoms with E-state index >= 15 is 0 Å². The van der Waals surface area contributed by atoms with Gasteiger partial charge in [0.25, 0.3) is 0 Å². The van der Waals surface area contributed by atoms with Crippen LogP contribution in [-0.2, 0) is 26.1 Å². The Balaban J connectivity index is 1.23. The first-order chi connectivity index (χ1) is 26.2. The minimum Gasteiger partial charge on any atom is -0.394 e. The van der Waals surface area contributed by atoms with Gasteiger partial charge in [-0.1, -0.05) is 51.2 Å². The van der Waals surface area contributed by atoms with Gasteiger partial charge >= 0.3 is 0 Å². The van der Waals surface area contributed by atoms with Crippen LogP contribution < -0.4 is 5.32 Å². The Morgan fingerprint density at radius 1 is 1.09 bits per heavy atom. The van der Waals surface area contributed by atoms with Crippen LogP contribution in [0, 0.1) is 28.6 Å². The summed E-state index contributed by atoms with van der Waals surface area (Å²) in [5, 5.41) is 37.0. The molecule has 9 heteroatoms. The van der Waals surface area contributed by atoms with Gasteiger partial charge in [0.1, 0.15) is 6.04 Å². The van der Waals surface area contributed by atoms with E-state index in [-0.39, 0.29) is 47.6 Å². The number of ketones is 1. The van der Waals surface area contributed by atoms with Crippen LogP contribution in [0.2, 0.25) is 0 Å². The summed E-state index contributed by atoms with van der Waals surface area (Å²) < 4.78 is 14.2. The lowest BCUT2D eigenvalue weighted by Crippen LogP contribution is -2.62. The fourth-order valence-corrected chi connectivity index (χ4v) is 13.1. The molecule has 2 saturated carbocycles. The fraction of sp³-hybridized carbons (Fsp3) is 0.617. The average molecular weight is 767 g/mol. The second kappa shape index (κ2) is 13.1. The van der Waals surface area contributed by atoms with Crippen LogP contribution in [0.3, 0.4) is 0 Å². The summed E-state index contributed by atoms with van der Waals surface area (Å²) in [6.45, 7) is 24.3. The third-order valence-corrected chi connectivity index (χ3v) is 15.5. The number of aliphatic hydroxyl groups excluding tert-OH is 3. The number of aromatic nitrogens is 1. The number of rotatable bonds is 9. The van der Waals surface area contributed by atoms with Crippen molar-refractivity contribution in [2.24, 2.45) is 28.6 Å². The first-order valence-electron chi connectivity index (χ1n) is 20.8. The molecule has 9 unspecified atom stereocenters. The number of fused-ring (bicyclic) bond motifs is 11. The maximum Gasteiger partial charge on any atom is 0.246 e. The highest BCUT2D eigenvalue weighted by Gasteiger charge is 2.67. The number of aliphatic hydroxyl groups is 3. The molecule has 0 spiro atoms. The smallest absolute Gasteiger partial charge is 0.246 e. The Bertz CT molecular complexity index is 2140. The highest BCUT2D eigenvalue weighted by molar-refractivity contribution is 6.18. The second-order valence-corrected chi connectivity index (χ2v) is 19.6. The summed E-state index contributed by atoms with van der Waals surface area (Å²) in [5.41, 5.74) is 6.14. The predicted octanol–water partition coefficient (Wildman–Crippen LogP) is 7.22. The summed E-state index contributed by atoms with van der Waals surface area (Å²) in [6, 6.07) is 1.75. The zero-order valence-corrected chi connectivity index (χ0v) is 34.8. The van der Waals surface area contributed by atoms with Crippen LogP contribution in [0.1, 0.15) is 133 Å². The van der Waals surface area contributed by atoms with Crippen molar-refractivity contribution in [1.29, 1.82) is 0 Å². The molecule has 9 nitrogen and oxygen atoms in total. The number of hydrogen-bond acceptors (Lipinski definition) is 7. The number of benzene rings is 1. The van der Waals surface area contributed by atoms with E-state index < -0.39 is 34.9 Å². The highest BCUT2D eigenvalue weighted by atomic mass is 16.5. The van der Waals surface area contributed by atoms with Crippen LogP contribution in [0.4, 0.5) is 0 Å². The van der Waals surface area contributed by atoms with Crippen molar-refractivity contribution in [2.75, 3.05) is 26.4 Å². The summed E-state index contributed by atoms with van der Waals surface area (Å²) in [6.07, 6.45) is 11.1. The lowest BCUT2D eigenvalue weighted by atomic mass is 9.40. The number of carbonyl (C=O) groups is 2. The van der Waals surface area contributed by atoms with Gasteiger partial charge in [-0.05, 0) is 120 Å². The Kier molecular flexibility index (Phi) is 9.23. The van der Waals surface area contributed by atoms with Gasteiger partial charge in [0.2, 0.25) is 5.91 Å². The third kappa shape index (κ3) is 5.29. The first-order valence-corrected chi connectivity index (χ1v) is 20.8. The topological polar surface area (TPSA) is 130 Å². The van der Waals surface area contributed by atoms with E-state index in [0.717, 1.165) is 58.9 Å². The molecule has 0 radical (unpaired) electrons. The van der Waals surface area contributed by atoms with Gasteiger partial charge in [-0.25, -0.2) is 0 Å². The molecule has 4 N–H and O–H groups in total. The lowest BCUT2D eigenvalue weighted by molar-refractivity contribution is -0.144. The number of hydrogen-bond donors (Lipinski definition) is 4. The molecule has 1 aromatic carbocycles. The summed E-state index contributed by atoms with van der Waals surface area (Å²) >= 11 is 0. The minimum absolute atomic E-state index is 0.0220. The molecule has 2 aliphatic heterocycles. The van der Waals surface area contributed by atoms with Crippen LogP contribution in [0.15, 0.2) is 48.1 Å². The number of carbonyl (C=O) groups excluding carboxylic acids is 2. The average Bonchev–Trinajstić information content (AvgIpc) is 3.78. The molecule has 1 amide bonds. The molecule has 0 saturated heterocycles. The SMILES string of the molecule is C=C(C)C1C(=O)c2c3c(cc4c5c(n1c24)C1(C)C(CCC2C(C)(/C=C/C=C(\C)C(=O)NCCOCCO)C(O)CCC21C)C5)C1=CC(C)(C)OC(C)(C)C1C3O. The molecule has 2 fully saturated rings. The van der Waals surface area contributed by atoms with E-state index in [1.165, 1.54) is 11.3 Å². The Hall–Kier alpha value is -3.34. The minimum atomic E-state index is -0.866. The molecule has 4 aliphatic carbocycles. The van der Waals surface area contributed by atoms with Gasteiger partial charge in [0.05, 0.1) is 54.3 Å². The largest absolute Gasteiger partial charge is 0.394 e. The van der Waals surface area contributed by atoms with Crippen molar-refractivity contribution in [3.8, 4) is 0 Å². The van der Waals surface area contributed by atoms with Gasteiger partial charge in [0, 0.05) is 45.5 Å². The molecular formula is C47H62N2O7. The zero-order chi connectivity index (χ0) is 40.5. The van der Waals surface area contributed by atoms with Crippen molar-refractivity contribution >= 4 is 28.2 Å². The summed E-state index contributed by atoms with van der Waals surface area (Å²) in [7, 11) is 0. The third-order valence-electron chi connectivity index (χ3n) is 15.5. The summed E-state index contributed by atoms with van der Waals surface area (Å²) in [4.78, 5) is 27.7. The molecule has 9 atom stereocenters. The number of nitrogens with zero attached hydrogens (tertiary/aromatic N) is 1. The van der Waals surface area contributed by atoms with Crippen molar-refractivity contribution < 1.29 is 34.4 Å². The molecule has 2 aromatic rings. The summed E-state index contributed by atoms with van der Waals surface area (Å²) in [5.74, 6) is 0.0731. The van der Waals surface area contributed by atoms with Crippen molar-refractivity contribution in [3.63, 3.8) is 0 Å². The molecule has 8 rings (SSSR count).